The van der Waals surface area contributed by atoms with Crippen LogP contribution in [-0.2, 0) is 6.54 Å². The van der Waals surface area contributed by atoms with E-state index >= 15 is 0 Å². The molecule has 84 valence electrons. The van der Waals surface area contributed by atoms with Gasteiger partial charge in [0, 0.05) is 18.5 Å². The third-order valence-electron chi connectivity index (χ3n) is 2.85. The van der Waals surface area contributed by atoms with E-state index in [-0.39, 0.29) is 0 Å². The van der Waals surface area contributed by atoms with E-state index in [9.17, 15) is 0 Å². The fraction of sp³-hybridized carbons (Fsp3) is 0.538. The Morgan fingerprint density at radius 1 is 1.27 bits per heavy atom. The average Bonchev–Trinajstić information content (AvgIpc) is 2.24. The maximum absolute atomic E-state index is 5.83. The zero-order chi connectivity index (χ0) is 11.3. The molecule has 0 aromatic heterocycles. The van der Waals surface area contributed by atoms with Gasteiger partial charge in [-0.15, -0.1) is 11.6 Å². The largest absolute Gasteiger partial charge is 0.309 e. The summed E-state index contributed by atoms with van der Waals surface area (Å²) >= 11 is 5.83. The van der Waals surface area contributed by atoms with E-state index < -0.39 is 0 Å². The van der Waals surface area contributed by atoms with Crippen LogP contribution in [0.1, 0.15) is 30.0 Å². The van der Waals surface area contributed by atoms with Crippen LogP contribution in [0.4, 0.5) is 0 Å². The van der Waals surface area contributed by atoms with Gasteiger partial charge in [-0.1, -0.05) is 25.1 Å². The lowest BCUT2D eigenvalue weighted by Gasteiger charge is -2.14. The van der Waals surface area contributed by atoms with Crippen molar-refractivity contribution in [3.63, 3.8) is 0 Å². The number of benzene rings is 1. The van der Waals surface area contributed by atoms with Gasteiger partial charge in [-0.2, -0.15) is 0 Å². The molecule has 0 aliphatic carbocycles. The molecular formula is C13H20ClN. The quantitative estimate of drug-likeness (QED) is 0.758. The van der Waals surface area contributed by atoms with E-state index in [4.69, 9.17) is 11.6 Å². The van der Waals surface area contributed by atoms with Crippen LogP contribution < -0.4 is 5.32 Å². The van der Waals surface area contributed by atoms with Gasteiger partial charge in [-0.05, 0) is 37.0 Å². The molecule has 15 heavy (non-hydrogen) atoms. The molecule has 2 heteroatoms. The second-order valence-corrected chi connectivity index (χ2v) is 4.37. The highest BCUT2D eigenvalue weighted by Crippen LogP contribution is 2.10. The van der Waals surface area contributed by atoms with Crippen molar-refractivity contribution < 1.29 is 0 Å². The van der Waals surface area contributed by atoms with Crippen molar-refractivity contribution in [3.8, 4) is 0 Å². The van der Waals surface area contributed by atoms with Gasteiger partial charge in [-0.25, -0.2) is 0 Å². The van der Waals surface area contributed by atoms with Crippen molar-refractivity contribution in [3.05, 3.63) is 34.9 Å². The van der Waals surface area contributed by atoms with E-state index in [0.29, 0.717) is 11.9 Å². The molecule has 1 nitrogen and oxygen atoms in total. The molecule has 1 aromatic rings. The van der Waals surface area contributed by atoms with Gasteiger partial charge < -0.3 is 5.32 Å². The minimum Gasteiger partial charge on any atom is -0.309 e. The highest BCUT2D eigenvalue weighted by Gasteiger charge is 2.03. The summed E-state index contributed by atoms with van der Waals surface area (Å²) in [7, 11) is 0. The molecule has 0 radical (unpaired) electrons. The zero-order valence-corrected chi connectivity index (χ0v) is 10.6. The fourth-order valence-electron chi connectivity index (χ4n) is 1.48. The van der Waals surface area contributed by atoms with Crippen LogP contribution in [0.25, 0.3) is 0 Å². The third-order valence-corrected chi connectivity index (χ3v) is 3.22. The Morgan fingerprint density at radius 3 is 2.53 bits per heavy atom. The molecule has 0 saturated carbocycles. The lowest BCUT2D eigenvalue weighted by atomic mass is 10.1. The Morgan fingerprint density at radius 2 is 2.00 bits per heavy atom. The second kappa shape index (κ2) is 6.14. The Hall–Kier alpha value is -0.530. The molecule has 0 bridgehead atoms. The summed E-state index contributed by atoms with van der Waals surface area (Å²) < 4.78 is 0. The molecule has 1 aromatic carbocycles. The SMILES string of the molecule is CCC(CCl)NCc1ccc(C)c(C)c1. The first-order valence-electron chi connectivity index (χ1n) is 5.52. The van der Waals surface area contributed by atoms with E-state index in [1.165, 1.54) is 16.7 Å². The Bertz CT molecular complexity index is 305. The summed E-state index contributed by atoms with van der Waals surface area (Å²) in [5.41, 5.74) is 4.04. The molecule has 0 heterocycles. The van der Waals surface area contributed by atoms with Crippen molar-refractivity contribution in [2.75, 3.05) is 5.88 Å². The normalized spacial score (nSPS) is 12.8. The van der Waals surface area contributed by atoms with Crippen LogP contribution in [0.3, 0.4) is 0 Å². The summed E-state index contributed by atoms with van der Waals surface area (Å²) in [6, 6.07) is 7.02. The van der Waals surface area contributed by atoms with Gasteiger partial charge in [0.25, 0.3) is 0 Å². The molecule has 0 amide bonds. The molecule has 1 unspecified atom stereocenters. The molecule has 1 N–H and O–H groups in total. The van der Waals surface area contributed by atoms with Gasteiger partial charge >= 0.3 is 0 Å². The summed E-state index contributed by atoms with van der Waals surface area (Å²) in [5, 5.41) is 3.45. The maximum Gasteiger partial charge on any atom is 0.0377 e. The van der Waals surface area contributed by atoms with Crippen molar-refractivity contribution in [2.24, 2.45) is 0 Å². The van der Waals surface area contributed by atoms with E-state index in [1.54, 1.807) is 0 Å². The molecule has 1 atom stereocenters. The van der Waals surface area contributed by atoms with Crippen LogP contribution in [0, 0.1) is 13.8 Å². The number of hydrogen-bond acceptors (Lipinski definition) is 1. The predicted molar refractivity (Wildman–Crippen MR) is 67.6 cm³/mol. The summed E-state index contributed by atoms with van der Waals surface area (Å²) in [6.45, 7) is 7.35. The molecule has 0 fully saturated rings. The van der Waals surface area contributed by atoms with Crippen molar-refractivity contribution >= 4 is 11.6 Å². The van der Waals surface area contributed by atoms with Gasteiger partial charge in [0.2, 0.25) is 0 Å². The van der Waals surface area contributed by atoms with Crippen LogP contribution in [0.15, 0.2) is 18.2 Å². The van der Waals surface area contributed by atoms with Crippen LogP contribution in [-0.4, -0.2) is 11.9 Å². The van der Waals surface area contributed by atoms with E-state index in [1.807, 2.05) is 0 Å². The van der Waals surface area contributed by atoms with E-state index in [0.717, 1.165) is 13.0 Å². The minimum atomic E-state index is 0.424. The number of alkyl halides is 1. The van der Waals surface area contributed by atoms with E-state index in [2.05, 4.69) is 44.3 Å². The first-order valence-corrected chi connectivity index (χ1v) is 6.06. The van der Waals surface area contributed by atoms with Gasteiger partial charge in [0.1, 0.15) is 0 Å². The average molecular weight is 226 g/mol. The zero-order valence-electron chi connectivity index (χ0n) is 9.81. The topological polar surface area (TPSA) is 12.0 Å². The monoisotopic (exact) mass is 225 g/mol. The van der Waals surface area contributed by atoms with Gasteiger partial charge in [0.15, 0.2) is 0 Å². The van der Waals surface area contributed by atoms with Crippen molar-refractivity contribution in [1.29, 1.82) is 0 Å². The predicted octanol–water partition coefficient (Wildman–Crippen LogP) is 3.41. The Kier molecular flexibility index (Phi) is 5.13. The Balaban J connectivity index is 2.54. The number of nitrogens with one attached hydrogen (secondary N) is 1. The highest BCUT2D eigenvalue weighted by molar-refractivity contribution is 6.18. The molecule has 0 aliphatic heterocycles. The van der Waals surface area contributed by atoms with Crippen LogP contribution in [0.2, 0.25) is 0 Å². The number of aryl methyl sites for hydroxylation is 2. The first-order chi connectivity index (χ1) is 7.17. The van der Waals surface area contributed by atoms with Gasteiger partial charge in [-0.3, -0.25) is 0 Å². The maximum atomic E-state index is 5.83. The molecular weight excluding hydrogens is 206 g/mol. The molecule has 1 rings (SSSR count). The standard InChI is InChI=1S/C13H20ClN/c1-4-13(8-14)15-9-12-6-5-10(2)11(3)7-12/h5-7,13,15H,4,8-9H2,1-3H3. The second-order valence-electron chi connectivity index (χ2n) is 4.06. The highest BCUT2D eigenvalue weighted by atomic mass is 35.5. The van der Waals surface area contributed by atoms with Crippen molar-refractivity contribution in [2.45, 2.75) is 39.8 Å². The minimum absolute atomic E-state index is 0.424. The summed E-state index contributed by atoms with van der Waals surface area (Å²) in [5.74, 6) is 0.682. The van der Waals surface area contributed by atoms with Crippen LogP contribution >= 0.6 is 11.6 Å². The first kappa shape index (κ1) is 12.5. The Labute approximate surface area is 97.8 Å². The molecule has 0 spiro atoms. The van der Waals surface area contributed by atoms with Crippen molar-refractivity contribution in [1.82, 2.24) is 5.32 Å². The number of hydrogen-bond donors (Lipinski definition) is 1. The fourth-order valence-corrected chi connectivity index (χ4v) is 1.81. The third kappa shape index (κ3) is 3.84. The summed E-state index contributed by atoms with van der Waals surface area (Å²) in [4.78, 5) is 0. The molecule has 0 saturated heterocycles. The number of rotatable bonds is 5. The van der Waals surface area contributed by atoms with Gasteiger partial charge in [0.05, 0.1) is 0 Å². The van der Waals surface area contributed by atoms with Crippen LogP contribution in [0.5, 0.6) is 0 Å². The molecule has 0 aliphatic rings. The lowest BCUT2D eigenvalue weighted by molar-refractivity contribution is 0.538. The number of halogens is 1. The lowest BCUT2D eigenvalue weighted by Crippen LogP contribution is -2.29. The summed E-state index contributed by atoms with van der Waals surface area (Å²) in [6.07, 6.45) is 1.08. The smallest absolute Gasteiger partial charge is 0.0377 e.